The van der Waals surface area contributed by atoms with Gasteiger partial charge in [-0.3, -0.25) is 14.5 Å². The predicted molar refractivity (Wildman–Crippen MR) is 205 cm³/mol. The summed E-state index contributed by atoms with van der Waals surface area (Å²) in [5.41, 5.74) is 10.8. The van der Waals surface area contributed by atoms with E-state index in [4.69, 9.17) is 15.0 Å². The Kier molecular flexibility index (Phi) is 9.27. The molecule has 0 fully saturated rings. The van der Waals surface area contributed by atoms with Crippen molar-refractivity contribution < 1.29 is 0 Å². The third kappa shape index (κ3) is 6.18. The zero-order valence-electron chi connectivity index (χ0n) is 29.5. The summed E-state index contributed by atoms with van der Waals surface area (Å²) in [7, 11) is 0. The van der Waals surface area contributed by atoms with Crippen molar-refractivity contribution in [3.8, 4) is 17.1 Å². The van der Waals surface area contributed by atoms with Crippen LogP contribution in [0.4, 0.5) is 0 Å². The van der Waals surface area contributed by atoms with E-state index in [1.807, 2.05) is 24.5 Å². The van der Waals surface area contributed by atoms with Gasteiger partial charge in [-0.2, -0.15) is 0 Å². The Morgan fingerprint density at radius 1 is 0.560 bits per heavy atom. The number of hydrogen-bond acceptors (Lipinski definition) is 3. The Morgan fingerprint density at radius 3 is 1.78 bits per heavy atom. The van der Waals surface area contributed by atoms with Crippen LogP contribution in [0, 0.1) is 0 Å². The molecule has 0 N–H and O–H groups in total. The van der Waals surface area contributed by atoms with Gasteiger partial charge in [0.1, 0.15) is 5.82 Å². The quantitative estimate of drug-likeness (QED) is 0.148. The molecule has 248 valence electrons. The van der Waals surface area contributed by atoms with E-state index in [-0.39, 0.29) is 5.92 Å². The standard InChI is InChI=1S/C46H44N4/c1-32(2)38-24-17-25-39(33(3)4)44(38)50-31-41(43(34-18-8-6-9-19-34)40-26-12-14-28-47-40)49-45(50)35-20-16-23-37(30-35)46(5,36-21-10-7-11-22-36)42-27-13-15-29-48-42/h6-33,43H,1-5H3/t43-,46?/m0/s1. The fourth-order valence-electron chi connectivity index (χ4n) is 7.25. The van der Waals surface area contributed by atoms with Gasteiger partial charge in [-0.1, -0.05) is 137 Å². The highest BCUT2D eigenvalue weighted by Gasteiger charge is 2.33. The van der Waals surface area contributed by atoms with Crippen LogP contribution in [0.25, 0.3) is 17.1 Å². The van der Waals surface area contributed by atoms with Gasteiger partial charge in [-0.05, 0) is 76.9 Å². The van der Waals surface area contributed by atoms with Crippen LogP contribution in [0.5, 0.6) is 0 Å². The van der Waals surface area contributed by atoms with Crippen molar-refractivity contribution in [2.24, 2.45) is 0 Å². The summed E-state index contributed by atoms with van der Waals surface area (Å²) in [6, 6.07) is 49.3. The van der Waals surface area contributed by atoms with Gasteiger partial charge in [0, 0.05) is 24.2 Å². The molecule has 4 nitrogen and oxygen atoms in total. The first-order valence-corrected chi connectivity index (χ1v) is 17.6. The van der Waals surface area contributed by atoms with Gasteiger partial charge >= 0.3 is 0 Å². The largest absolute Gasteiger partial charge is 0.299 e. The summed E-state index contributed by atoms with van der Waals surface area (Å²) < 4.78 is 2.36. The van der Waals surface area contributed by atoms with Crippen LogP contribution in [-0.2, 0) is 5.41 Å². The maximum atomic E-state index is 5.59. The van der Waals surface area contributed by atoms with Crippen LogP contribution in [0.1, 0.15) is 97.3 Å². The van der Waals surface area contributed by atoms with Crippen molar-refractivity contribution >= 4 is 0 Å². The molecule has 1 unspecified atom stereocenters. The number of pyridine rings is 2. The maximum absolute atomic E-state index is 5.59. The summed E-state index contributed by atoms with van der Waals surface area (Å²) in [6.45, 7) is 11.4. The van der Waals surface area contributed by atoms with Gasteiger partial charge in [0.15, 0.2) is 0 Å². The van der Waals surface area contributed by atoms with Crippen LogP contribution < -0.4 is 0 Å². The average molecular weight is 653 g/mol. The highest BCUT2D eigenvalue weighted by molar-refractivity contribution is 5.66. The lowest BCUT2D eigenvalue weighted by Gasteiger charge is -2.31. The molecule has 50 heavy (non-hydrogen) atoms. The smallest absolute Gasteiger partial charge is 0.144 e. The molecule has 0 aliphatic carbocycles. The number of hydrogen-bond donors (Lipinski definition) is 0. The first-order valence-electron chi connectivity index (χ1n) is 17.6. The van der Waals surface area contributed by atoms with E-state index >= 15 is 0 Å². The summed E-state index contributed by atoms with van der Waals surface area (Å²) in [4.78, 5) is 15.4. The van der Waals surface area contributed by atoms with Gasteiger partial charge in [0.2, 0.25) is 0 Å². The summed E-state index contributed by atoms with van der Waals surface area (Å²) in [5.74, 6) is 1.41. The molecule has 0 radical (unpaired) electrons. The second-order valence-electron chi connectivity index (χ2n) is 13.8. The lowest BCUT2D eigenvalue weighted by molar-refractivity contribution is 0.665. The molecule has 0 saturated heterocycles. The Hall–Kier alpha value is -5.61. The number of aromatic nitrogens is 4. The van der Waals surface area contributed by atoms with Gasteiger partial charge in [0.25, 0.3) is 0 Å². The third-order valence-corrected chi connectivity index (χ3v) is 9.95. The first-order chi connectivity index (χ1) is 24.4. The second-order valence-corrected chi connectivity index (χ2v) is 13.8. The molecule has 0 spiro atoms. The minimum Gasteiger partial charge on any atom is -0.299 e. The third-order valence-electron chi connectivity index (χ3n) is 9.95. The van der Waals surface area contributed by atoms with Crippen molar-refractivity contribution in [2.45, 2.75) is 57.8 Å². The van der Waals surface area contributed by atoms with E-state index < -0.39 is 5.41 Å². The molecule has 3 aromatic heterocycles. The van der Waals surface area contributed by atoms with E-state index in [0.29, 0.717) is 11.8 Å². The maximum Gasteiger partial charge on any atom is 0.144 e. The zero-order valence-corrected chi connectivity index (χ0v) is 29.5. The second kappa shape index (κ2) is 14.1. The topological polar surface area (TPSA) is 43.6 Å². The Balaban J connectivity index is 1.51. The number of benzene rings is 4. The average Bonchev–Trinajstić information content (AvgIpc) is 3.60. The molecule has 4 heteroatoms. The summed E-state index contributed by atoms with van der Waals surface area (Å²) in [5, 5.41) is 0. The molecular formula is C46H44N4. The number of rotatable bonds is 10. The van der Waals surface area contributed by atoms with Crippen molar-refractivity contribution in [3.05, 3.63) is 203 Å². The van der Waals surface area contributed by atoms with Gasteiger partial charge < -0.3 is 0 Å². The molecule has 7 aromatic rings. The fraction of sp³-hybridized carbons (Fsp3) is 0.196. The Morgan fingerprint density at radius 2 is 1.16 bits per heavy atom. The molecule has 2 atom stereocenters. The first kappa shape index (κ1) is 32.9. The molecule has 7 rings (SSSR count). The monoisotopic (exact) mass is 652 g/mol. The van der Waals surface area contributed by atoms with E-state index in [2.05, 4.69) is 173 Å². The highest BCUT2D eigenvalue weighted by Crippen LogP contribution is 2.41. The number of nitrogens with zero attached hydrogens (tertiary/aromatic N) is 4. The SMILES string of the molecule is CC(C)c1cccc(C(C)C)c1-n1cc([C@@H](c2ccccc2)c2ccccn2)nc1-c1cccc(C(C)(c2ccccc2)c2ccccn2)c1. The Bertz CT molecular complexity index is 2060. The van der Waals surface area contributed by atoms with Crippen LogP contribution in [-0.4, -0.2) is 19.5 Å². The predicted octanol–water partition coefficient (Wildman–Crippen LogP) is 11.1. The fourth-order valence-corrected chi connectivity index (χ4v) is 7.25. The lowest BCUT2D eigenvalue weighted by Crippen LogP contribution is -2.26. The van der Waals surface area contributed by atoms with Crippen molar-refractivity contribution in [1.29, 1.82) is 0 Å². The number of imidazole rings is 1. The molecular weight excluding hydrogens is 609 g/mol. The summed E-state index contributed by atoms with van der Waals surface area (Å²) in [6.07, 6.45) is 6.02. The van der Waals surface area contributed by atoms with Gasteiger partial charge in [0.05, 0.1) is 34.1 Å². The molecule has 0 amide bonds. The van der Waals surface area contributed by atoms with Crippen LogP contribution in [0.3, 0.4) is 0 Å². The van der Waals surface area contributed by atoms with Crippen LogP contribution in [0.15, 0.2) is 158 Å². The molecule has 0 saturated carbocycles. The van der Waals surface area contributed by atoms with Crippen LogP contribution in [0.2, 0.25) is 0 Å². The Labute approximate surface area is 296 Å². The normalized spacial score (nSPS) is 13.3. The zero-order chi connectivity index (χ0) is 34.7. The molecule has 0 aliphatic rings. The molecule has 4 aromatic carbocycles. The van der Waals surface area contributed by atoms with E-state index in [0.717, 1.165) is 39.6 Å². The number of para-hydroxylation sites is 1. The van der Waals surface area contributed by atoms with E-state index in [9.17, 15) is 0 Å². The molecule has 0 aliphatic heterocycles. The van der Waals surface area contributed by atoms with Crippen molar-refractivity contribution in [3.63, 3.8) is 0 Å². The minimum absolute atomic E-state index is 0.141. The lowest BCUT2D eigenvalue weighted by atomic mass is 9.73. The van der Waals surface area contributed by atoms with Crippen LogP contribution >= 0.6 is 0 Å². The van der Waals surface area contributed by atoms with Crippen molar-refractivity contribution in [2.75, 3.05) is 0 Å². The van der Waals surface area contributed by atoms with Gasteiger partial charge in [-0.15, -0.1) is 0 Å². The van der Waals surface area contributed by atoms with Gasteiger partial charge in [-0.25, -0.2) is 4.98 Å². The summed E-state index contributed by atoms with van der Waals surface area (Å²) >= 11 is 0. The minimum atomic E-state index is -0.488. The molecule has 3 heterocycles. The highest BCUT2D eigenvalue weighted by atomic mass is 15.1. The van der Waals surface area contributed by atoms with Crippen molar-refractivity contribution in [1.82, 2.24) is 19.5 Å². The molecule has 0 bridgehead atoms. The van der Waals surface area contributed by atoms with E-state index in [1.165, 1.54) is 22.4 Å². The van der Waals surface area contributed by atoms with E-state index in [1.54, 1.807) is 0 Å².